The van der Waals surface area contributed by atoms with E-state index in [0.29, 0.717) is 13.0 Å². The van der Waals surface area contributed by atoms with Crippen molar-refractivity contribution in [1.29, 1.82) is 0 Å². The molecule has 14 nitrogen and oxygen atoms in total. The van der Waals surface area contributed by atoms with Gasteiger partial charge in [-0.05, 0) is 86.9 Å². The summed E-state index contributed by atoms with van der Waals surface area (Å²) >= 11 is 0. The summed E-state index contributed by atoms with van der Waals surface area (Å²) in [6, 6.07) is -2.02. The minimum atomic E-state index is -2.10. The van der Waals surface area contributed by atoms with Gasteiger partial charge in [0.05, 0.1) is 29.3 Å². The van der Waals surface area contributed by atoms with Gasteiger partial charge in [-0.1, -0.05) is 27.7 Å². The van der Waals surface area contributed by atoms with E-state index in [9.17, 15) is 40.2 Å². The third-order valence-electron chi connectivity index (χ3n) is 10.8. The highest BCUT2D eigenvalue weighted by molar-refractivity contribution is 5.74. The lowest BCUT2D eigenvalue weighted by Crippen LogP contribution is -2.64. The van der Waals surface area contributed by atoms with Crippen molar-refractivity contribution in [2.75, 3.05) is 27.2 Å². The molecule has 48 heavy (non-hydrogen) atoms. The molecule has 14 heteroatoms. The van der Waals surface area contributed by atoms with Crippen LogP contribution in [0.1, 0.15) is 88.0 Å². The van der Waals surface area contributed by atoms with Crippen LogP contribution in [-0.4, -0.2) is 146 Å². The van der Waals surface area contributed by atoms with Crippen molar-refractivity contribution >= 4 is 11.9 Å². The number of rotatable bonds is 9. The summed E-state index contributed by atoms with van der Waals surface area (Å²) < 4.78 is 18.4. The summed E-state index contributed by atoms with van der Waals surface area (Å²) in [5.41, 5.74) is -5.66. The number of nitrogens with zero attached hydrogens (tertiary/aromatic N) is 1. The monoisotopic (exact) mass is 691 g/mol. The Balaban J connectivity index is 2.75. The lowest BCUT2D eigenvalue weighted by Gasteiger charge is -2.49. The molecule has 15 atom stereocenters. The number of esters is 1. The Hall–Kier alpha value is -1.46. The molecular formula is C34H65N3O11. The van der Waals surface area contributed by atoms with Crippen molar-refractivity contribution in [3.8, 4) is 0 Å². The molecule has 0 radical (unpaired) electrons. The zero-order chi connectivity index (χ0) is 36.9. The average molecular weight is 692 g/mol. The molecule has 0 aromatic rings. The van der Waals surface area contributed by atoms with Gasteiger partial charge in [0.25, 0.3) is 0 Å². The number of aliphatic hydroxyl groups is 5. The molecule has 0 aromatic carbocycles. The maximum absolute atomic E-state index is 13.9. The van der Waals surface area contributed by atoms with Crippen LogP contribution < -0.4 is 10.6 Å². The molecule has 0 spiro atoms. The smallest absolute Gasteiger partial charge is 0.320 e. The number of carbonyl (C=O) groups excluding carboxylic acids is 1. The van der Waals surface area contributed by atoms with E-state index in [0.717, 1.165) is 0 Å². The standard InChI is InChI=1S/C34H65N3O11/c1-12-23(29(40)41)36-17-34(45)20(5)28(48-31-26(38)24(37(10)11)14-19(4)46-31)32(8,43)15-18(3)16-35-22(7)27(39)33(9,44)25(13-2)47-30(42)21(34)6/h18-28,31,35-36,38-39,43-45H,12-17H2,1-11H3,(H,40,41)/t18-,19-,20-,21?,22-,23?,24+,25-,26-,27-,28-,31+,32+,33-,34-/m1/s1. The summed E-state index contributed by atoms with van der Waals surface area (Å²) in [6.07, 6.45) is -5.40. The summed E-state index contributed by atoms with van der Waals surface area (Å²) in [7, 11) is 3.67. The van der Waals surface area contributed by atoms with E-state index < -0.39 is 89.9 Å². The number of carboxylic acid groups (broad SMARTS) is 1. The Morgan fingerprint density at radius 1 is 1.10 bits per heavy atom. The van der Waals surface area contributed by atoms with Gasteiger partial charge in [-0.25, -0.2) is 0 Å². The highest BCUT2D eigenvalue weighted by Crippen LogP contribution is 2.40. The fourth-order valence-electron chi connectivity index (χ4n) is 7.42. The predicted octanol–water partition coefficient (Wildman–Crippen LogP) is 0.456. The summed E-state index contributed by atoms with van der Waals surface area (Å²) in [6.45, 7) is 14.7. The quantitative estimate of drug-likeness (QED) is 0.155. The normalized spacial score (nSPS) is 44.8. The van der Waals surface area contributed by atoms with E-state index in [2.05, 4.69) is 10.6 Å². The molecule has 2 fully saturated rings. The topological polar surface area (TPSA) is 211 Å². The lowest BCUT2D eigenvalue weighted by molar-refractivity contribution is -0.304. The van der Waals surface area contributed by atoms with Gasteiger partial charge in [0.1, 0.15) is 30.0 Å². The number of aliphatic hydroxyl groups excluding tert-OH is 2. The van der Waals surface area contributed by atoms with Gasteiger partial charge in [0.2, 0.25) is 0 Å². The number of hydrogen-bond acceptors (Lipinski definition) is 13. The second-order valence-corrected chi connectivity index (χ2v) is 15.2. The summed E-state index contributed by atoms with van der Waals surface area (Å²) in [5.74, 6) is -4.70. The number of ether oxygens (including phenoxy) is 3. The number of cyclic esters (lactones) is 1. The van der Waals surface area contributed by atoms with Crippen LogP contribution in [0.4, 0.5) is 0 Å². The van der Waals surface area contributed by atoms with Crippen molar-refractivity contribution in [2.24, 2.45) is 17.8 Å². The molecule has 282 valence electrons. The summed E-state index contributed by atoms with van der Waals surface area (Å²) in [5, 5.41) is 74.8. The van der Waals surface area contributed by atoms with Gasteiger partial charge in [0, 0.05) is 24.5 Å². The third kappa shape index (κ3) is 9.86. The van der Waals surface area contributed by atoms with Crippen molar-refractivity contribution < 1.29 is 54.4 Å². The van der Waals surface area contributed by atoms with Gasteiger partial charge in [-0.3, -0.25) is 9.59 Å². The Labute approximate surface area is 286 Å². The molecule has 0 aliphatic carbocycles. The Kier molecular flexibility index (Phi) is 15.3. The van der Waals surface area contributed by atoms with Crippen LogP contribution in [0.25, 0.3) is 0 Å². The zero-order valence-corrected chi connectivity index (χ0v) is 30.8. The van der Waals surface area contributed by atoms with E-state index in [1.165, 1.54) is 13.8 Å². The van der Waals surface area contributed by atoms with Gasteiger partial charge >= 0.3 is 11.9 Å². The first-order valence-electron chi connectivity index (χ1n) is 17.5. The first-order chi connectivity index (χ1) is 22.0. The van der Waals surface area contributed by atoms with Crippen molar-refractivity contribution in [1.82, 2.24) is 15.5 Å². The number of carbonyl (C=O) groups is 2. The molecule has 8 N–H and O–H groups in total. The van der Waals surface area contributed by atoms with Gasteiger partial charge < -0.3 is 60.4 Å². The molecular weight excluding hydrogens is 626 g/mol. The minimum Gasteiger partial charge on any atom is -0.480 e. The van der Waals surface area contributed by atoms with Crippen molar-refractivity contribution in [2.45, 2.75) is 160 Å². The van der Waals surface area contributed by atoms with Crippen molar-refractivity contribution in [3.63, 3.8) is 0 Å². The van der Waals surface area contributed by atoms with E-state index in [1.54, 1.807) is 34.6 Å². The van der Waals surface area contributed by atoms with Crippen LogP contribution >= 0.6 is 0 Å². The van der Waals surface area contributed by atoms with E-state index in [1.807, 2.05) is 32.8 Å². The zero-order valence-electron chi connectivity index (χ0n) is 30.8. The first-order valence-corrected chi connectivity index (χ1v) is 17.5. The largest absolute Gasteiger partial charge is 0.480 e. The van der Waals surface area contributed by atoms with Crippen LogP contribution in [0.3, 0.4) is 0 Å². The Morgan fingerprint density at radius 3 is 2.23 bits per heavy atom. The Bertz CT molecular complexity index is 1050. The van der Waals surface area contributed by atoms with Gasteiger partial charge in [0.15, 0.2) is 6.29 Å². The number of aliphatic carboxylic acids is 1. The van der Waals surface area contributed by atoms with Crippen molar-refractivity contribution in [3.05, 3.63) is 0 Å². The first kappa shape index (κ1) is 42.7. The fourth-order valence-corrected chi connectivity index (χ4v) is 7.42. The van der Waals surface area contributed by atoms with Crippen LogP contribution in [0.2, 0.25) is 0 Å². The molecule has 2 heterocycles. The van der Waals surface area contributed by atoms with Crippen LogP contribution in [0.5, 0.6) is 0 Å². The Morgan fingerprint density at radius 2 is 1.71 bits per heavy atom. The molecule has 2 aliphatic heterocycles. The van der Waals surface area contributed by atoms with Gasteiger partial charge in [-0.15, -0.1) is 0 Å². The number of likely N-dealkylation sites (N-methyl/N-ethyl adjacent to an activating group) is 1. The average Bonchev–Trinajstić information content (AvgIpc) is 3.00. The molecule has 2 saturated heterocycles. The van der Waals surface area contributed by atoms with Gasteiger partial charge in [-0.2, -0.15) is 0 Å². The molecule has 2 aliphatic rings. The maximum atomic E-state index is 13.9. The summed E-state index contributed by atoms with van der Waals surface area (Å²) in [4.78, 5) is 27.8. The molecule has 0 amide bonds. The molecule has 0 bridgehead atoms. The van der Waals surface area contributed by atoms with Crippen LogP contribution in [0, 0.1) is 17.8 Å². The molecule has 2 rings (SSSR count). The minimum absolute atomic E-state index is 0.121. The number of carboxylic acids is 1. The predicted molar refractivity (Wildman–Crippen MR) is 179 cm³/mol. The van der Waals surface area contributed by atoms with Crippen LogP contribution in [0.15, 0.2) is 0 Å². The van der Waals surface area contributed by atoms with Crippen LogP contribution in [-0.2, 0) is 23.8 Å². The molecule has 0 aromatic heterocycles. The maximum Gasteiger partial charge on any atom is 0.320 e. The van der Waals surface area contributed by atoms with E-state index in [4.69, 9.17) is 14.2 Å². The lowest BCUT2D eigenvalue weighted by atomic mass is 9.70. The fraction of sp³-hybridized carbons (Fsp3) is 0.941. The molecule has 2 unspecified atom stereocenters. The SMILES string of the molecule is CCC(NC[C@]1(O)C(C)C(=O)O[C@H](CC)[C@@](C)(O)[C@H](O)[C@@H](C)NC[C@H](C)C[C@](C)(O)[C@H](O[C@@H]2O[C@H](C)C[C@H](N(C)C)[C@H]2O)[C@H]1C)C(=O)O. The highest BCUT2D eigenvalue weighted by atomic mass is 16.7. The number of hydrogen-bond donors (Lipinski definition) is 8. The second-order valence-electron chi connectivity index (χ2n) is 15.2. The van der Waals surface area contributed by atoms with E-state index in [-0.39, 0.29) is 37.3 Å². The second kappa shape index (κ2) is 17.2. The van der Waals surface area contributed by atoms with E-state index >= 15 is 0 Å². The highest BCUT2D eigenvalue weighted by Gasteiger charge is 2.55. The third-order valence-corrected chi connectivity index (χ3v) is 10.8. The number of nitrogens with one attached hydrogen (secondary N) is 2. The molecule has 0 saturated carbocycles.